The molecule has 4 nitrogen and oxygen atoms in total. The van der Waals surface area contributed by atoms with Crippen LogP contribution in [0.25, 0.3) is 0 Å². The predicted molar refractivity (Wildman–Crippen MR) is 94.5 cm³/mol. The zero-order chi connectivity index (χ0) is 15.9. The van der Waals surface area contributed by atoms with Crippen molar-refractivity contribution in [3.8, 4) is 0 Å². The van der Waals surface area contributed by atoms with E-state index in [1.54, 1.807) is 12.3 Å². The number of hydrogen-bond acceptors (Lipinski definition) is 3. The molecular weight excluding hydrogens is 342 g/mol. The Balaban J connectivity index is 1.98. The average Bonchev–Trinajstić information content (AvgIpc) is 2.52. The van der Waals surface area contributed by atoms with Crippen molar-refractivity contribution in [3.05, 3.63) is 52.1 Å². The molecule has 0 fully saturated rings. The van der Waals surface area contributed by atoms with Gasteiger partial charge in [-0.25, -0.2) is 4.98 Å². The summed E-state index contributed by atoms with van der Waals surface area (Å²) in [6, 6.07) is 9.32. The fourth-order valence-corrected chi connectivity index (χ4v) is 2.20. The molecule has 1 amide bonds. The lowest BCUT2D eigenvalue weighted by molar-refractivity contribution is 0.102. The third kappa shape index (κ3) is 4.56. The summed E-state index contributed by atoms with van der Waals surface area (Å²) in [4.78, 5) is 16.5. The minimum Gasteiger partial charge on any atom is -0.370 e. The molecule has 5 heteroatoms. The second-order valence-corrected chi connectivity index (χ2v) is 5.98. The summed E-state index contributed by atoms with van der Waals surface area (Å²) in [5, 5.41) is 6.10. The van der Waals surface area contributed by atoms with Gasteiger partial charge in [0.15, 0.2) is 0 Å². The lowest BCUT2D eigenvalue weighted by Crippen LogP contribution is -2.12. The summed E-state index contributed by atoms with van der Waals surface area (Å²) >= 11 is 3.44. The highest BCUT2D eigenvalue weighted by atomic mass is 79.9. The molecule has 0 spiro atoms. The van der Waals surface area contributed by atoms with E-state index in [0.717, 1.165) is 40.9 Å². The highest BCUT2D eigenvalue weighted by Crippen LogP contribution is 2.20. The number of rotatable bonds is 6. The number of benzene rings is 1. The van der Waals surface area contributed by atoms with Gasteiger partial charge in [0.05, 0.1) is 5.56 Å². The fraction of sp³-hybridized carbons (Fsp3) is 0.294. The van der Waals surface area contributed by atoms with Crippen LogP contribution in [0.3, 0.4) is 0 Å². The number of aromatic nitrogens is 1. The predicted octanol–water partition coefficient (Wildman–Crippen LogP) is 4.62. The van der Waals surface area contributed by atoms with Gasteiger partial charge in [0, 0.05) is 22.9 Å². The summed E-state index contributed by atoms with van der Waals surface area (Å²) in [7, 11) is 0. The number of nitrogens with zero attached hydrogens (tertiary/aromatic N) is 1. The average molecular weight is 362 g/mol. The molecule has 0 aliphatic rings. The summed E-state index contributed by atoms with van der Waals surface area (Å²) in [6.45, 7) is 5.03. The Morgan fingerprint density at radius 2 is 2.09 bits per heavy atom. The molecule has 1 aromatic heterocycles. The number of carbonyl (C=O) groups excluding carboxylic acids is 1. The number of pyridine rings is 1. The molecule has 2 N–H and O–H groups in total. The van der Waals surface area contributed by atoms with Crippen LogP contribution in [0.2, 0.25) is 0 Å². The van der Waals surface area contributed by atoms with Gasteiger partial charge in [-0.05, 0) is 49.2 Å². The number of unbranched alkanes of at least 4 members (excludes halogenated alkanes) is 1. The molecule has 0 radical (unpaired) electrons. The molecule has 0 atom stereocenters. The van der Waals surface area contributed by atoms with Gasteiger partial charge in [0.2, 0.25) is 0 Å². The monoisotopic (exact) mass is 361 g/mol. The van der Waals surface area contributed by atoms with Crippen LogP contribution in [0.4, 0.5) is 11.5 Å². The smallest absolute Gasteiger partial charge is 0.257 e. The first-order valence-electron chi connectivity index (χ1n) is 7.37. The van der Waals surface area contributed by atoms with E-state index in [4.69, 9.17) is 0 Å². The first-order valence-corrected chi connectivity index (χ1v) is 8.17. The molecule has 0 aliphatic carbocycles. The quantitative estimate of drug-likeness (QED) is 0.738. The van der Waals surface area contributed by atoms with Crippen molar-refractivity contribution < 1.29 is 4.79 Å². The van der Waals surface area contributed by atoms with Crippen LogP contribution in [0.15, 0.2) is 41.0 Å². The number of hydrogen-bond donors (Lipinski definition) is 2. The van der Waals surface area contributed by atoms with Gasteiger partial charge >= 0.3 is 0 Å². The van der Waals surface area contributed by atoms with Crippen molar-refractivity contribution in [1.82, 2.24) is 4.98 Å². The van der Waals surface area contributed by atoms with E-state index in [1.807, 2.05) is 31.2 Å². The molecule has 0 saturated heterocycles. The molecule has 1 heterocycles. The molecule has 2 aromatic rings. The third-order valence-electron chi connectivity index (χ3n) is 3.28. The van der Waals surface area contributed by atoms with E-state index in [1.165, 1.54) is 0 Å². The van der Waals surface area contributed by atoms with Crippen molar-refractivity contribution >= 4 is 33.3 Å². The summed E-state index contributed by atoms with van der Waals surface area (Å²) < 4.78 is 1.02. The Bertz CT molecular complexity index is 641. The Morgan fingerprint density at radius 3 is 2.73 bits per heavy atom. The molecule has 0 bridgehead atoms. The largest absolute Gasteiger partial charge is 0.370 e. The first kappa shape index (κ1) is 16.5. The maximum absolute atomic E-state index is 12.2. The standard InChI is InChI=1S/C17H20BrN3O/c1-3-4-9-19-16-8-5-13(11-20-16)17(22)21-14-6-7-15(18)12(2)10-14/h5-8,10-11H,3-4,9H2,1-2H3,(H,19,20)(H,21,22). The minimum absolute atomic E-state index is 0.158. The van der Waals surface area contributed by atoms with Gasteiger partial charge in [0.1, 0.15) is 5.82 Å². The zero-order valence-electron chi connectivity index (χ0n) is 12.8. The molecule has 0 saturated carbocycles. The number of aryl methyl sites for hydroxylation is 1. The summed E-state index contributed by atoms with van der Waals surface area (Å²) in [5.74, 6) is 0.638. The molecule has 22 heavy (non-hydrogen) atoms. The van der Waals surface area contributed by atoms with E-state index in [0.29, 0.717) is 5.56 Å². The molecule has 0 unspecified atom stereocenters. The van der Waals surface area contributed by atoms with E-state index in [-0.39, 0.29) is 5.91 Å². The van der Waals surface area contributed by atoms with Crippen molar-refractivity contribution in [2.45, 2.75) is 26.7 Å². The molecular formula is C17H20BrN3O. The molecule has 0 aliphatic heterocycles. The Kier molecular flexibility index (Phi) is 5.95. The van der Waals surface area contributed by atoms with Crippen LogP contribution in [0, 0.1) is 6.92 Å². The first-order chi connectivity index (χ1) is 10.6. The number of carbonyl (C=O) groups is 1. The molecule has 116 valence electrons. The Hall–Kier alpha value is -1.88. The van der Waals surface area contributed by atoms with Crippen molar-refractivity contribution in [2.75, 3.05) is 17.2 Å². The van der Waals surface area contributed by atoms with E-state index >= 15 is 0 Å². The highest BCUT2D eigenvalue weighted by molar-refractivity contribution is 9.10. The van der Waals surface area contributed by atoms with Crippen LogP contribution in [0.5, 0.6) is 0 Å². The van der Waals surface area contributed by atoms with Crippen molar-refractivity contribution in [2.24, 2.45) is 0 Å². The van der Waals surface area contributed by atoms with E-state index < -0.39 is 0 Å². The second kappa shape index (κ2) is 7.94. The highest BCUT2D eigenvalue weighted by Gasteiger charge is 2.07. The topological polar surface area (TPSA) is 54.0 Å². The van der Waals surface area contributed by atoms with Gasteiger partial charge in [-0.15, -0.1) is 0 Å². The zero-order valence-corrected chi connectivity index (χ0v) is 14.4. The summed E-state index contributed by atoms with van der Waals surface area (Å²) in [5.41, 5.74) is 2.39. The normalized spacial score (nSPS) is 10.3. The van der Waals surface area contributed by atoms with Crippen molar-refractivity contribution in [1.29, 1.82) is 0 Å². The van der Waals surface area contributed by atoms with E-state index in [2.05, 4.69) is 38.5 Å². The second-order valence-electron chi connectivity index (χ2n) is 5.13. The van der Waals surface area contributed by atoms with Gasteiger partial charge in [-0.3, -0.25) is 4.79 Å². The lowest BCUT2D eigenvalue weighted by atomic mass is 10.2. The third-order valence-corrected chi connectivity index (χ3v) is 4.17. The molecule has 2 rings (SSSR count). The molecule has 1 aromatic carbocycles. The maximum Gasteiger partial charge on any atom is 0.257 e. The van der Waals surface area contributed by atoms with Crippen LogP contribution in [-0.2, 0) is 0 Å². The van der Waals surface area contributed by atoms with Crippen LogP contribution >= 0.6 is 15.9 Å². The van der Waals surface area contributed by atoms with Crippen LogP contribution < -0.4 is 10.6 Å². The van der Waals surface area contributed by atoms with Crippen LogP contribution in [0.1, 0.15) is 35.7 Å². The van der Waals surface area contributed by atoms with Gasteiger partial charge in [-0.1, -0.05) is 29.3 Å². The van der Waals surface area contributed by atoms with Crippen molar-refractivity contribution in [3.63, 3.8) is 0 Å². The van der Waals surface area contributed by atoms with Gasteiger partial charge in [0.25, 0.3) is 5.91 Å². The Morgan fingerprint density at radius 1 is 1.27 bits per heavy atom. The lowest BCUT2D eigenvalue weighted by Gasteiger charge is -2.08. The SMILES string of the molecule is CCCCNc1ccc(C(=O)Nc2ccc(Br)c(C)c2)cn1. The minimum atomic E-state index is -0.158. The van der Waals surface area contributed by atoms with E-state index in [9.17, 15) is 4.79 Å². The van der Waals surface area contributed by atoms with Crippen LogP contribution in [-0.4, -0.2) is 17.4 Å². The van der Waals surface area contributed by atoms with Gasteiger partial charge in [-0.2, -0.15) is 0 Å². The summed E-state index contributed by atoms with van der Waals surface area (Å²) in [6.07, 6.45) is 3.84. The number of nitrogens with one attached hydrogen (secondary N) is 2. The number of amides is 1. The number of halogens is 1. The maximum atomic E-state index is 12.2. The van der Waals surface area contributed by atoms with Gasteiger partial charge < -0.3 is 10.6 Å². The number of anilines is 2. The Labute approximate surface area is 139 Å². The fourth-order valence-electron chi connectivity index (χ4n) is 1.95.